The first kappa shape index (κ1) is 13.8. The number of aromatic nitrogens is 2. The lowest BCUT2D eigenvalue weighted by molar-refractivity contribution is 0.0936. The van der Waals surface area contributed by atoms with E-state index in [0.29, 0.717) is 12.1 Å². The fraction of sp³-hybridized carbons (Fsp3) is 0.286. The molecule has 0 saturated heterocycles. The normalized spacial score (nSPS) is 12.1. The van der Waals surface area contributed by atoms with Crippen molar-refractivity contribution >= 4 is 21.8 Å². The molecule has 100 valence electrons. The topological polar surface area (TPSA) is 46.9 Å². The SMILES string of the molecule is CC(Cn1cccn1)NC(=O)c1ccc(CBr)cc1. The Morgan fingerprint density at radius 3 is 2.74 bits per heavy atom. The molecule has 0 spiro atoms. The summed E-state index contributed by atoms with van der Waals surface area (Å²) in [6.07, 6.45) is 3.61. The Labute approximate surface area is 120 Å². The quantitative estimate of drug-likeness (QED) is 0.860. The Kier molecular flexibility index (Phi) is 4.74. The van der Waals surface area contributed by atoms with E-state index in [-0.39, 0.29) is 11.9 Å². The van der Waals surface area contributed by atoms with Gasteiger partial charge in [0.2, 0.25) is 0 Å². The van der Waals surface area contributed by atoms with Crippen molar-refractivity contribution in [2.75, 3.05) is 0 Å². The first-order valence-corrected chi connectivity index (χ1v) is 7.24. The molecule has 1 heterocycles. The predicted molar refractivity (Wildman–Crippen MR) is 78.2 cm³/mol. The monoisotopic (exact) mass is 321 g/mol. The number of carbonyl (C=O) groups is 1. The maximum atomic E-state index is 12.0. The molecule has 2 aromatic rings. The number of amides is 1. The molecular formula is C14H16BrN3O. The van der Waals surface area contributed by atoms with Gasteiger partial charge in [0.25, 0.3) is 5.91 Å². The highest BCUT2D eigenvalue weighted by atomic mass is 79.9. The molecule has 0 aliphatic carbocycles. The van der Waals surface area contributed by atoms with Gasteiger partial charge in [0.05, 0.1) is 6.54 Å². The van der Waals surface area contributed by atoms with Gasteiger partial charge in [0, 0.05) is 29.3 Å². The number of alkyl halides is 1. The largest absolute Gasteiger partial charge is 0.348 e. The fourth-order valence-electron chi connectivity index (χ4n) is 1.79. The minimum absolute atomic E-state index is 0.0308. The summed E-state index contributed by atoms with van der Waals surface area (Å²) < 4.78 is 1.80. The molecule has 1 amide bonds. The molecule has 0 saturated carbocycles. The van der Waals surface area contributed by atoms with Crippen LogP contribution in [0.1, 0.15) is 22.8 Å². The summed E-state index contributed by atoms with van der Waals surface area (Å²) >= 11 is 3.38. The lowest BCUT2D eigenvalue weighted by Crippen LogP contribution is -2.35. The average molecular weight is 322 g/mol. The van der Waals surface area contributed by atoms with Crippen molar-refractivity contribution in [3.63, 3.8) is 0 Å². The smallest absolute Gasteiger partial charge is 0.251 e. The van der Waals surface area contributed by atoms with Crippen LogP contribution in [0, 0.1) is 0 Å². The molecule has 1 unspecified atom stereocenters. The van der Waals surface area contributed by atoms with Crippen LogP contribution in [0.25, 0.3) is 0 Å². The Morgan fingerprint density at radius 1 is 1.42 bits per heavy atom. The number of nitrogens with zero attached hydrogens (tertiary/aromatic N) is 2. The lowest BCUT2D eigenvalue weighted by atomic mass is 10.1. The van der Waals surface area contributed by atoms with E-state index in [9.17, 15) is 4.79 Å². The predicted octanol–water partition coefficient (Wildman–Crippen LogP) is 2.60. The minimum Gasteiger partial charge on any atom is -0.348 e. The summed E-state index contributed by atoms with van der Waals surface area (Å²) in [6.45, 7) is 2.63. The molecule has 19 heavy (non-hydrogen) atoms. The molecule has 1 aromatic heterocycles. The van der Waals surface area contributed by atoms with Gasteiger partial charge in [-0.05, 0) is 30.7 Å². The summed E-state index contributed by atoms with van der Waals surface area (Å²) in [6, 6.07) is 9.47. The molecule has 5 heteroatoms. The van der Waals surface area contributed by atoms with Crippen LogP contribution in [-0.2, 0) is 11.9 Å². The van der Waals surface area contributed by atoms with Crippen LogP contribution >= 0.6 is 15.9 Å². The molecule has 0 fully saturated rings. The van der Waals surface area contributed by atoms with Gasteiger partial charge in [-0.25, -0.2) is 0 Å². The molecule has 0 bridgehead atoms. The van der Waals surface area contributed by atoms with Crippen LogP contribution in [0.15, 0.2) is 42.7 Å². The first-order valence-electron chi connectivity index (χ1n) is 6.12. The molecule has 1 aromatic carbocycles. The summed E-state index contributed by atoms with van der Waals surface area (Å²) in [4.78, 5) is 12.0. The lowest BCUT2D eigenvalue weighted by Gasteiger charge is -2.14. The second kappa shape index (κ2) is 6.52. The highest BCUT2D eigenvalue weighted by Gasteiger charge is 2.10. The average Bonchev–Trinajstić information content (AvgIpc) is 2.91. The highest BCUT2D eigenvalue weighted by Crippen LogP contribution is 2.08. The van der Waals surface area contributed by atoms with Gasteiger partial charge in [-0.3, -0.25) is 9.48 Å². The standard InChI is InChI=1S/C14H16BrN3O/c1-11(10-18-8-2-7-16-18)17-14(19)13-5-3-12(9-15)4-6-13/h2-8,11H,9-10H2,1H3,(H,17,19). The van der Waals surface area contributed by atoms with Crippen LogP contribution in [0.5, 0.6) is 0 Å². The molecular weight excluding hydrogens is 306 g/mol. The van der Waals surface area contributed by atoms with E-state index in [1.165, 1.54) is 0 Å². The zero-order chi connectivity index (χ0) is 13.7. The minimum atomic E-state index is -0.0548. The van der Waals surface area contributed by atoms with E-state index < -0.39 is 0 Å². The number of nitrogens with one attached hydrogen (secondary N) is 1. The second-order valence-corrected chi connectivity index (χ2v) is 4.99. The third-order valence-electron chi connectivity index (χ3n) is 2.77. The molecule has 0 aliphatic rings. The van der Waals surface area contributed by atoms with Crippen LogP contribution in [-0.4, -0.2) is 21.7 Å². The maximum absolute atomic E-state index is 12.0. The van der Waals surface area contributed by atoms with E-state index in [1.54, 1.807) is 10.9 Å². The van der Waals surface area contributed by atoms with E-state index in [2.05, 4.69) is 26.3 Å². The van der Waals surface area contributed by atoms with E-state index in [0.717, 1.165) is 10.9 Å². The molecule has 4 nitrogen and oxygen atoms in total. The molecule has 2 rings (SSSR count). The van der Waals surface area contributed by atoms with E-state index >= 15 is 0 Å². The van der Waals surface area contributed by atoms with Crippen LogP contribution in [0.2, 0.25) is 0 Å². The summed E-state index contributed by atoms with van der Waals surface area (Å²) in [7, 11) is 0. The second-order valence-electron chi connectivity index (χ2n) is 4.43. The van der Waals surface area contributed by atoms with Crippen molar-refractivity contribution in [1.82, 2.24) is 15.1 Å². The summed E-state index contributed by atoms with van der Waals surface area (Å²) in [5.74, 6) is -0.0548. The number of rotatable bonds is 5. The Hall–Kier alpha value is -1.62. The molecule has 0 aliphatic heterocycles. The molecule has 1 atom stereocenters. The number of carbonyl (C=O) groups excluding carboxylic acids is 1. The van der Waals surface area contributed by atoms with Gasteiger partial charge in [0.1, 0.15) is 0 Å². The van der Waals surface area contributed by atoms with Gasteiger partial charge < -0.3 is 5.32 Å². The molecule has 1 N–H and O–H groups in total. The van der Waals surface area contributed by atoms with Crippen molar-refractivity contribution in [2.45, 2.75) is 24.8 Å². The Bertz CT molecular complexity index is 522. The van der Waals surface area contributed by atoms with Crippen molar-refractivity contribution in [2.24, 2.45) is 0 Å². The number of halogens is 1. The van der Waals surface area contributed by atoms with Crippen LogP contribution in [0.4, 0.5) is 0 Å². The number of hydrogen-bond acceptors (Lipinski definition) is 2. The van der Waals surface area contributed by atoms with Gasteiger partial charge in [-0.1, -0.05) is 28.1 Å². The zero-order valence-electron chi connectivity index (χ0n) is 10.7. The van der Waals surface area contributed by atoms with Crippen molar-refractivity contribution in [3.05, 3.63) is 53.9 Å². The van der Waals surface area contributed by atoms with E-state index in [1.807, 2.05) is 43.5 Å². The zero-order valence-corrected chi connectivity index (χ0v) is 12.3. The number of hydrogen-bond donors (Lipinski definition) is 1. The van der Waals surface area contributed by atoms with Crippen molar-refractivity contribution in [1.29, 1.82) is 0 Å². The maximum Gasteiger partial charge on any atom is 0.251 e. The van der Waals surface area contributed by atoms with Gasteiger partial charge in [-0.15, -0.1) is 0 Å². The Morgan fingerprint density at radius 2 is 2.16 bits per heavy atom. The number of benzene rings is 1. The first-order chi connectivity index (χ1) is 9.19. The summed E-state index contributed by atoms with van der Waals surface area (Å²) in [5.41, 5.74) is 1.83. The Balaban J connectivity index is 1.92. The highest BCUT2D eigenvalue weighted by molar-refractivity contribution is 9.08. The van der Waals surface area contributed by atoms with E-state index in [4.69, 9.17) is 0 Å². The van der Waals surface area contributed by atoms with Gasteiger partial charge in [-0.2, -0.15) is 5.10 Å². The van der Waals surface area contributed by atoms with Crippen LogP contribution < -0.4 is 5.32 Å². The van der Waals surface area contributed by atoms with Crippen molar-refractivity contribution in [3.8, 4) is 0 Å². The van der Waals surface area contributed by atoms with Crippen molar-refractivity contribution < 1.29 is 4.79 Å². The van der Waals surface area contributed by atoms with Gasteiger partial charge >= 0.3 is 0 Å². The fourth-order valence-corrected chi connectivity index (χ4v) is 2.16. The van der Waals surface area contributed by atoms with Gasteiger partial charge in [0.15, 0.2) is 0 Å². The third-order valence-corrected chi connectivity index (χ3v) is 3.42. The van der Waals surface area contributed by atoms with Crippen LogP contribution in [0.3, 0.4) is 0 Å². The molecule has 0 radical (unpaired) electrons. The summed E-state index contributed by atoms with van der Waals surface area (Å²) in [5, 5.41) is 7.88. The third kappa shape index (κ3) is 3.92.